The van der Waals surface area contributed by atoms with Crippen molar-refractivity contribution < 1.29 is 9.53 Å². The fourth-order valence-electron chi connectivity index (χ4n) is 3.46. The number of fused-ring (bicyclic) bond motifs is 1. The van der Waals surface area contributed by atoms with Crippen LogP contribution >= 0.6 is 0 Å². The fraction of sp³-hybridized carbons (Fsp3) is 0.588. The van der Waals surface area contributed by atoms with E-state index in [1.807, 2.05) is 10.6 Å². The number of piperidine rings is 1. The number of nitrogens with zero attached hydrogens (tertiary/aromatic N) is 4. The molecule has 0 aliphatic carbocycles. The Balaban J connectivity index is 1.84. The molecule has 23 heavy (non-hydrogen) atoms. The van der Waals surface area contributed by atoms with Crippen molar-refractivity contribution in [1.29, 1.82) is 0 Å². The molecule has 3 rings (SSSR count). The quantitative estimate of drug-likeness (QED) is 0.810. The van der Waals surface area contributed by atoms with Gasteiger partial charge in [-0.2, -0.15) is 0 Å². The zero-order valence-corrected chi connectivity index (χ0v) is 14.0. The van der Waals surface area contributed by atoms with Crippen LogP contribution in [-0.2, 0) is 11.2 Å². The summed E-state index contributed by atoms with van der Waals surface area (Å²) in [5, 5.41) is 8.56. The van der Waals surface area contributed by atoms with E-state index in [1.54, 1.807) is 12.1 Å². The number of ether oxygens (including phenoxy) is 1. The van der Waals surface area contributed by atoms with Gasteiger partial charge in [0.25, 0.3) is 0 Å². The molecule has 0 saturated carbocycles. The van der Waals surface area contributed by atoms with Crippen LogP contribution in [0.5, 0.6) is 0 Å². The summed E-state index contributed by atoms with van der Waals surface area (Å²) >= 11 is 0. The molecule has 0 radical (unpaired) electrons. The summed E-state index contributed by atoms with van der Waals surface area (Å²) in [6, 6.07) is 4.54. The Labute approximate surface area is 136 Å². The molecule has 6 nitrogen and oxygen atoms in total. The summed E-state index contributed by atoms with van der Waals surface area (Å²) in [7, 11) is 1.38. The van der Waals surface area contributed by atoms with Crippen molar-refractivity contribution in [3.8, 4) is 0 Å². The third-order valence-electron chi connectivity index (χ3n) is 4.66. The van der Waals surface area contributed by atoms with Crippen LogP contribution in [-0.4, -0.2) is 51.2 Å². The first-order valence-corrected chi connectivity index (χ1v) is 8.28. The smallest absolute Gasteiger partial charge is 0.338 e. The lowest BCUT2D eigenvalue weighted by atomic mass is 9.97. The second kappa shape index (κ2) is 6.66. The van der Waals surface area contributed by atoms with Gasteiger partial charge in [0.15, 0.2) is 5.65 Å². The van der Waals surface area contributed by atoms with Gasteiger partial charge < -0.3 is 4.74 Å². The highest BCUT2D eigenvalue weighted by atomic mass is 16.5. The molecule has 3 heterocycles. The van der Waals surface area contributed by atoms with Crippen LogP contribution < -0.4 is 0 Å². The zero-order valence-electron chi connectivity index (χ0n) is 14.0. The number of pyridine rings is 1. The van der Waals surface area contributed by atoms with E-state index in [1.165, 1.54) is 26.4 Å². The lowest BCUT2D eigenvalue weighted by molar-refractivity contribution is 0.0600. The number of hydrogen-bond acceptors (Lipinski definition) is 5. The number of likely N-dealkylation sites (tertiary alicyclic amines) is 1. The molecule has 2 aromatic rings. The van der Waals surface area contributed by atoms with Gasteiger partial charge in [-0.05, 0) is 45.4 Å². The van der Waals surface area contributed by atoms with Crippen molar-refractivity contribution in [2.45, 2.75) is 51.6 Å². The largest absolute Gasteiger partial charge is 0.465 e. The molecule has 1 atom stereocenters. The van der Waals surface area contributed by atoms with Gasteiger partial charge >= 0.3 is 5.97 Å². The molecule has 1 aliphatic heterocycles. The molecule has 0 N–H and O–H groups in total. The van der Waals surface area contributed by atoms with Gasteiger partial charge in [0.2, 0.25) is 0 Å². The Bertz CT molecular complexity index is 695. The molecular formula is C17H24N4O2. The van der Waals surface area contributed by atoms with Gasteiger partial charge in [0.1, 0.15) is 5.82 Å². The highest BCUT2D eigenvalue weighted by molar-refractivity contribution is 5.90. The van der Waals surface area contributed by atoms with E-state index in [-0.39, 0.29) is 5.97 Å². The van der Waals surface area contributed by atoms with E-state index < -0.39 is 0 Å². The predicted octanol–water partition coefficient (Wildman–Crippen LogP) is 2.32. The van der Waals surface area contributed by atoms with Gasteiger partial charge in [0.05, 0.1) is 12.7 Å². The maximum absolute atomic E-state index is 11.6. The molecule has 1 aliphatic rings. The number of aromatic nitrogens is 3. The average Bonchev–Trinajstić information content (AvgIpc) is 2.96. The van der Waals surface area contributed by atoms with Crippen LogP contribution in [0.2, 0.25) is 0 Å². The Kier molecular flexibility index (Phi) is 4.61. The van der Waals surface area contributed by atoms with Gasteiger partial charge in [-0.3, -0.25) is 9.30 Å². The normalized spacial score (nSPS) is 19.4. The van der Waals surface area contributed by atoms with Crippen LogP contribution in [0, 0.1) is 0 Å². The molecule has 1 fully saturated rings. The molecule has 0 spiro atoms. The van der Waals surface area contributed by atoms with Crippen molar-refractivity contribution >= 4 is 11.6 Å². The SMILES string of the molecule is COC(=O)c1ccn2c(CC3CCCCN3C(C)C)nnc2c1. The maximum Gasteiger partial charge on any atom is 0.338 e. The first kappa shape index (κ1) is 15.9. The minimum Gasteiger partial charge on any atom is -0.465 e. The molecule has 0 amide bonds. The Morgan fingerprint density at radius 1 is 1.39 bits per heavy atom. The summed E-state index contributed by atoms with van der Waals surface area (Å²) < 4.78 is 6.72. The monoisotopic (exact) mass is 316 g/mol. The number of methoxy groups -OCH3 is 1. The van der Waals surface area contributed by atoms with Gasteiger partial charge in [-0.25, -0.2) is 4.79 Å². The molecule has 124 valence electrons. The standard InChI is InChI=1S/C17H24N4O2/c1-12(2)20-8-5-4-6-14(20)11-16-19-18-15-10-13(17(22)23-3)7-9-21(15)16/h7,9-10,12,14H,4-6,8,11H2,1-3H3. The first-order valence-electron chi connectivity index (χ1n) is 8.28. The van der Waals surface area contributed by atoms with Crippen molar-refractivity contribution in [2.75, 3.05) is 13.7 Å². The number of rotatable bonds is 4. The van der Waals surface area contributed by atoms with Crippen molar-refractivity contribution in [3.05, 3.63) is 29.7 Å². The summed E-state index contributed by atoms with van der Waals surface area (Å²) in [5.74, 6) is 0.601. The summed E-state index contributed by atoms with van der Waals surface area (Å²) in [4.78, 5) is 14.2. The summed E-state index contributed by atoms with van der Waals surface area (Å²) in [6.45, 7) is 5.66. The summed E-state index contributed by atoms with van der Waals surface area (Å²) in [5.41, 5.74) is 1.19. The van der Waals surface area contributed by atoms with Gasteiger partial charge in [0, 0.05) is 24.7 Å². The van der Waals surface area contributed by atoms with E-state index in [0.29, 0.717) is 23.3 Å². The van der Waals surface area contributed by atoms with E-state index in [2.05, 4.69) is 28.9 Å². The minimum atomic E-state index is -0.352. The lowest BCUT2D eigenvalue weighted by Crippen LogP contribution is -2.45. The molecule has 1 saturated heterocycles. The van der Waals surface area contributed by atoms with Crippen LogP contribution in [0.3, 0.4) is 0 Å². The highest BCUT2D eigenvalue weighted by Gasteiger charge is 2.26. The third-order valence-corrected chi connectivity index (χ3v) is 4.66. The fourth-order valence-corrected chi connectivity index (χ4v) is 3.46. The molecule has 0 aromatic carbocycles. The van der Waals surface area contributed by atoms with Crippen LogP contribution in [0.15, 0.2) is 18.3 Å². The Hall–Kier alpha value is -1.95. The van der Waals surface area contributed by atoms with E-state index in [4.69, 9.17) is 4.74 Å². The van der Waals surface area contributed by atoms with Crippen molar-refractivity contribution in [1.82, 2.24) is 19.5 Å². The maximum atomic E-state index is 11.6. The van der Waals surface area contributed by atoms with Crippen molar-refractivity contribution in [3.63, 3.8) is 0 Å². The van der Waals surface area contributed by atoms with Crippen LogP contribution in [0.1, 0.15) is 49.3 Å². The Morgan fingerprint density at radius 2 is 2.22 bits per heavy atom. The van der Waals surface area contributed by atoms with Gasteiger partial charge in [-0.1, -0.05) is 6.42 Å². The van der Waals surface area contributed by atoms with Crippen LogP contribution in [0.25, 0.3) is 5.65 Å². The third kappa shape index (κ3) is 3.22. The van der Waals surface area contributed by atoms with Crippen molar-refractivity contribution in [2.24, 2.45) is 0 Å². The Morgan fingerprint density at radius 3 is 2.96 bits per heavy atom. The highest BCUT2D eigenvalue weighted by Crippen LogP contribution is 2.22. The number of carbonyl (C=O) groups is 1. The van der Waals surface area contributed by atoms with E-state index >= 15 is 0 Å². The zero-order chi connectivity index (χ0) is 16.4. The topological polar surface area (TPSA) is 59.7 Å². The number of carbonyl (C=O) groups excluding carboxylic acids is 1. The molecule has 0 bridgehead atoms. The number of esters is 1. The van der Waals surface area contributed by atoms with Gasteiger partial charge in [-0.15, -0.1) is 10.2 Å². The average molecular weight is 316 g/mol. The second-order valence-corrected chi connectivity index (χ2v) is 6.44. The first-order chi connectivity index (χ1) is 11.1. The molecule has 6 heteroatoms. The minimum absolute atomic E-state index is 0.352. The molecule has 1 unspecified atom stereocenters. The lowest BCUT2D eigenvalue weighted by Gasteiger charge is -2.38. The van der Waals surface area contributed by atoms with Crippen LogP contribution in [0.4, 0.5) is 0 Å². The second-order valence-electron chi connectivity index (χ2n) is 6.44. The molecule has 2 aromatic heterocycles. The van der Waals surface area contributed by atoms with E-state index in [0.717, 1.165) is 18.8 Å². The summed E-state index contributed by atoms with van der Waals surface area (Å²) in [6.07, 6.45) is 6.50. The molecular weight excluding hydrogens is 292 g/mol. The van der Waals surface area contributed by atoms with E-state index in [9.17, 15) is 4.79 Å². The predicted molar refractivity (Wildman–Crippen MR) is 87.5 cm³/mol. The number of hydrogen-bond donors (Lipinski definition) is 0.